The molecule has 6 nitrogen and oxygen atoms in total. The normalized spacial score (nSPS) is 12.2. The first-order valence-electron chi connectivity index (χ1n) is 6.58. The Kier molecular flexibility index (Phi) is 5.96. The van der Waals surface area contributed by atoms with E-state index in [1.54, 1.807) is 12.1 Å². The Hall–Kier alpha value is -2.11. The molecule has 1 unspecified atom stereocenters. The van der Waals surface area contributed by atoms with E-state index in [0.717, 1.165) is 12.1 Å². The van der Waals surface area contributed by atoms with Crippen molar-refractivity contribution in [3.8, 4) is 0 Å². The highest BCUT2D eigenvalue weighted by Gasteiger charge is 2.15. The van der Waals surface area contributed by atoms with Crippen molar-refractivity contribution in [2.24, 2.45) is 11.8 Å². The highest BCUT2D eigenvalue weighted by atomic mass is 16.6. The van der Waals surface area contributed by atoms with E-state index in [0.29, 0.717) is 12.5 Å². The van der Waals surface area contributed by atoms with Crippen LogP contribution in [0.15, 0.2) is 24.3 Å². The lowest BCUT2D eigenvalue weighted by Gasteiger charge is -2.18. The molecule has 0 saturated heterocycles. The molecule has 110 valence electrons. The molecule has 1 rings (SSSR count). The number of carboxylic acids is 1. The van der Waals surface area contributed by atoms with Gasteiger partial charge in [0.1, 0.15) is 0 Å². The standard InChI is InChI=1S/C14H20N2O4/c1-10(2)7-11(8-14(17)18)9-15-12-3-5-13(6-4-12)16(19)20/h3-6,10-11,15H,7-9H2,1-2H3,(H,17,18). The fourth-order valence-corrected chi connectivity index (χ4v) is 2.12. The smallest absolute Gasteiger partial charge is 0.303 e. The van der Waals surface area contributed by atoms with Gasteiger partial charge in [0.15, 0.2) is 0 Å². The van der Waals surface area contributed by atoms with Crippen LogP contribution in [0.5, 0.6) is 0 Å². The number of benzene rings is 1. The van der Waals surface area contributed by atoms with Crippen LogP contribution in [-0.4, -0.2) is 22.5 Å². The third-order valence-electron chi connectivity index (χ3n) is 2.94. The van der Waals surface area contributed by atoms with Crippen molar-refractivity contribution in [3.63, 3.8) is 0 Å². The molecule has 0 bridgehead atoms. The number of carboxylic acid groups (broad SMARTS) is 1. The number of hydrogen-bond donors (Lipinski definition) is 2. The quantitative estimate of drug-likeness (QED) is 0.563. The van der Waals surface area contributed by atoms with Gasteiger partial charge in [0, 0.05) is 30.8 Å². The summed E-state index contributed by atoms with van der Waals surface area (Å²) in [6.45, 7) is 4.66. The van der Waals surface area contributed by atoms with Gasteiger partial charge in [-0.3, -0.25) is 14.9 Å². The average molecular weight is 280 g/mol. The first kappa shape index (κ1) is 15.9. The van der Waals surface area contributed by atoms with Crippen LogP contribution in [0.3, 0.4) is 0 Å². The van der Waals surface area contributed by atoms with E-state index in [4.69, 9.17) is 5.11 Å². The molecule has 0 fully saturated rings. The molecule has 1 atom stereocenters. The fraction of sp³-hybridized carbons (Fsp3) is 0.500. The Balaban J connectivity index is 2.57. The second-order valence-corrected chi connectivity index (χ2v) is 5.28. The van der Waals surface area contributed by atoms with Crippen molar-refractivity contribution in [2.75, 3.05) is 11.9 Å². The van der Waals surface area contributed by atoms with E-state index in [1.807, 2.05) is 0 Å². The second kappa shape index (κ2) is 7.47. The monoisotopic (exact) mass is 280 g/mol. The molecule has 0 aromatic heterocycles. The predicted molar refractivity (Wildman–Crippen MR) is 76.8 cm³/mol. The summed E-state index contributed by atoms with van der Waals surface area (Å²) >= 11 is 0. The summed E-state index contributed by atoms with van der Waals surface area (Å²) in [6.07, 6.45) is 0.949. The average Bonchev–Trinajstić information content (AvgIpc) is 2.35. The Morgan fingerprint density at radius 2 is 1.95 bits per heavy atom. The number of hydrogen-bond acceptors (Lipinski definition) is 4. The van der Waals surface area contributed by atoms with Gasteiger partial charge in [0.25, 0.3) is 5.69 Å². The van der Waals surface area contributed by atoms with Crippen LogP contribution in [0.25, 0.3) is 0 Å². The molecular formula is C14H20N2O4. The maximum absolute atomic E-state index is 10.8. The van der Waals surface area contributed by atoms with Gasteiger partial charge in [-0.05, 0) is 30.4 Å². The van der Waals surface area contributed by atoms with E-state index in [1.165, 1.54) is 12.1 Å². The molecule has 0 heterocycles. The third kappa shape index (κ3) is 5.69. The first-order valence-corrected chi connectivity index (χ1v) is 6.58. The maximum Gasteiger partial charge on any atom is 0.303 e. The molecule has 0 amide bonds. The fourth-order valence-electron chi connectivity index (χ4n) is 2.12. The SMILES string of the molecule is CC(C)CC(CNc1ccc([N+](=O)[O-])cc1)CC(=O)O. The number of nitro groups is 1. The number of nitro benzene ring substituents is 1. The molecule has 20 heavy (non-hydrogen) atoms. The maximum atomic E-state index is 10.8. The van der Waals surface area contributed by atoms with Gasteiger partial charge in [0.2, 0.25) is 0 Å². The number of carbonyl (C=O) groups is 1. The molecule has 1 aromatic rings. The van der Waals surface area contributed by atoms with E-state index in [2.05, 4.69) is 19.2 Å². The summed E-state index contributed by atoms with van der Waals surface area (Å²) in [5, 5.41) is 22.6. The lowest BCUT2D eigenvalue weighted by Crippen LogP contribution is -2.19. The summed E-state index contributed by atoms with van der Waals surface area (Å²) in [5.41, 5.74) is 0.801. The van der Waals surface area contributed by atoms with E-state index >= 15 is 0 Å². The van der Waals surface area contributed by atoms with Crippen molar-refractivity contribution in [3.05, 3.63) is 34.4 Å². The number of rotatable bonds is 8. The number of nitrogens with one attached hydrogen (secondary N) is 1. The van der Waals surface area contributed by atoms with Crippen LogP contribution in [-0.2, 0) is 4.79 Å². The van der Waals surface area contributed by atoms with E-state index in [9.17, 15) is 14.9 Å². The second-order valence-electron chi connectivity index (χ2n) is 5.28. The third-order valence-corrected chi connectivity index (χ3v) is 2.94. The highest BCUT2D eigenvalue weighted by molar-refractivity contribution is 5.67. The largest absolute Gasteiger partial charge is 0.481 e. The molecule has 0 aliphatic heterocycles. The zero-order valence-electron chi connectivity index (χ0n) is 11.7. The van der Waals surface area contributed by atoms with Crippen molar-refractivity contribution >= 4 is 17.3 Å². The lowest BCUT2D eigenvalue weighted by molar-refractivity contribution is -0.384. The number of non-ortho nitro benzene ring substituents is 1. The van der Waals surface area contributed by atoms with Gasteiger partial charge in [-0.15, -0.1) is 0 Å². The minimum absolute atomic E-state index is 0.0415. The van der Waals surface area contributed by atoms with E-state index in [-0.39, 0.29) is 18.0 Å². The van der Waals surface area contributed by atoms with Crippen LogP contribution in [0.4, 0.5) is 11.4 Å². The van der Waals surface area contributed by atoms with Crippen molar-refractivity contribution in [2.45, 2.75) is 26.7 Å². The molecule has 0 saturated carbocycles. The molecule has 0 radical (unpaired) electrons. The van der Waals surface area contributed by atoms with Gasteiger partial charge in [-0.1, -0.05) is 13.8 Å². The molecule has 2 N–H and O–H groups in total. The van der Waals surface area contributed by atoms with Gasteiger partial charge in [-0.25, -0.2) is 0 Å². The summed E-state index contributed by atoms with van der Waals surface area (Å²) in [6, 6.07) is 6.12. The Morgan fingerprint density at radius 1 is 1.35 bits per heavy atom. The lowest BCUT2D eigenvalue weighted by atomic mass is 9.94. The summed E-state index contributed by atoms with van der Waals surface area (Å²) < 4.78 is 0. The highest BCUT2D eigenvalue weighted by Crippen LogP contribution is 2.19. The van der Waals surface area contributed by atoms with Gasteiger partial charge < -0.3 is 10.4 Å². The topological polar surface area (TPSA) is 92.5 Å². The van der Waals surface area contributed by atoms with Crippen LogP contribution >= 0.6 is 0 Å². The first-order chi connectivity index (χ1) is 9.38. The zero-order chi connectivity index (χ0) is 15.1. The van der Waals surface area contributed by atoms with Crippen LogP contribution in [0.1, 0.15) is 26.7 Å². The van der Waals surface area contributed by atoms with Crippen LogP contribution in [0, 0.1) is 22.0 Å². The molecule has 0 spiro atoms. The van der Waals surface area contributed by atoms with Gasteiger partial charge in [-0.2, -0.15) is 0 Å². The molecule has 1 aromatic carbocycles. The van der Waals surface area contributed by atoms with Crippen molar-refractivity contribution < 1.29 is 14.8 Å². The summed E-state index contributed by atoms with van der Waals surface area (Å²) in [7, 11) is 0. The molecule has 0 aliphatic carbocycles. The summed E-state index contributed by atoms with van der Waals surface area (Å²) in [5.74, 6) is -0.332. The van der Waals surface area contributed by atoms with E-state index < -0.39 is 10.9 Å². The zero-order valence-corrected chi connectivity index (χ0v) is 11.7. The number of anilines is 1. The minimum atomic E-state index is -0.804. The minimum Gasteiger partial charge on any atom is -0.481 e. The van der Waals surface area contributed by atoms with Gasteiger partial charge >= 0.3 is 5.97 Å². The Bertz CT molecular complexity index is 457. The van der Waals surface area contributed by atoms with Crippen molar-refractivity contribution in [1.82, 2.24) is 0 Å². The molecular weight excluding hydrogens is 260 g/mol. The predicted octanol–water partition coefficient (Wildman–Crippen LogP) is 3.14. The van der Waals surface area contributed by atoms with Gasteiger partial charge in [0.05, 0.1) is 4.92 Å². The number of aliphatic carboxylic acids is 1. The Labute approximate surface area is 118 Å². The van der Waals surface area contributed by atoms with Crippen LogP contribution < -0.4 is 5.32 Å². The van der Waals surface area contributed by atoms with Crippen molar-refractivity contribution in [1.29, 1.82) is 0 Å². The summed E-state index contributed by atoms with van der Waals surface area (Å²) in [4.78, 5) is 20.9. The van der Waals surface area contributed by atoms with Crippen LogP contribution in [0.2, 0.25) is 0 Å². The number of nitrogens with zero attached hydrogens (tertiary/aromatic N) is 1. The molecule has 0 aliphatic rings. The Morgan fingerprint density at radius 3 is 2.40 bits per heavy atom. The molecule has 6 heteroatoms.